The van der Waals surface area contributed by atoms with Gasteiger partial charge in [0.15, 0.2) is 5.96 Å². The Bertz CT molecular complexity index is 620. The lowest BCUT2D eigenvalue weighted by Crippen LogP contribution is -2.45. The fourth-order valence-corrected chi connectivity index (χ4v) is 2.84. The molecule has 0 amide bonds. The third kappa shape index (κ3) is 7.16. The van der Waals surface area contributed by atoms with Crippen LogP contribution in [0, 0.1) is 0 Å². The van der Waals surface area contributed by atoms with Gasteiger partial charge in [0.2, 0.25) is 0 Å². The summed E-state index contributed by atoms with van der Waals surface area (Å²) in [6, 6.07) is 2.58. The average molecular weight is 402 g/mol. The lowest BCUT2D eigenvalue weighted by Gasteiger charge is -2.31. The largest absolute Gasteiger partial charge is 0.419 e. The van der Waals surface area contributed by atoms with Gasteiger partial charge < -0.3 is 20.7 Å². The number of guanidine groups is 1. The molecule has 2 rings (SSSR count). The van der Waals surface area contributed by atoms with E-state index in [0.29, 0.717) is 31.6 Å². The minimum Gasteiger partial charge on any atom is -0.379 e. The van der Waals surface area contributed by atoms with Crippen LogP contribution in [0.5, 0.6) is 0 Å². The minimum atomic E-state index is -4.43. The van der Waals surface area contributed by atoms with Crippen LogP contribution in [0.3, 0.4) is 0 Å². The van der Waals surface area contributed by atoms with E-state index in [2.05, 4.69) is 37.8 Å². The predicted octanol–water partition coefficient (Wildman–Crippen LogP) is 1.79. The maximum atomic E-state index is 13.0. The lowest BCUT2D eigenvalue weighted by molar-refractivity contribution is -0.137. The highest BCUT2D eigenvalue weighted by Crippen LogP contribution is 2.33. The molecule has 3 N–H and O–H groups in total. The number of rotatable bonds is 8. The van der Waals surface area contributed by atoms with Crippen LogP contribution in [0.4, 0.5) is 19.0 Å². The zero-order valence-corrected chi connectivity index (χ0v) is 16.4. The van der Waals surface area contributed by atoms with Gasteiger partial charge in [0.25, 0.3) is 0 Å². The molecule has 158 valence electrons. The van der Waals surface area contributed by atoms with Crippen molar-refractivity contribution in [3.05, 3.63) is 23.9 Å². The second-order valence-electron chi connectivity index (χ2n) is 6.47. The first-order valence-corrected chi connectivity index (χ1v) is 9.52. The molecule has 1 aromatic heterocycles. The van der Waals surface area contributed by atoms with Crippen molar-refractivity contribution in [3.63, 3.8) is 0 Å². The normalized spacial score (nSPS) is 17.2. The molecule has 0 saturated carbocycles. The Morgan fingerprint density at radius 1 is 1.29 bits per heavy atom. The highest BCUT2D eigenvalue weighted by molar-refractivity contribution is 5.79. The molecule has 1 aromatic rings. The van der Waals surface area contributed by atoms with Crippen molar-refractivity contribution in [2.24, 2.45) is 4.99 Å². The topological polar surface area (TPSA) is 73.8 Å². The summed E-state index contributed by atoms with van der Waals surface area (Å²) in [6.07, 6.45) is -3.10. The Labute approximate surface area is 163 Å². The zero-order valence-electron chi connectivity index (χ0n) is 16.4. The number of alkyl halides is 3. The number of anilines is 1. The summed E-state index contributed by atoms with van der Waals surface area (Å²) in [7, 11) is 0. The van der Waals surface area contributed by atoms with Crippen molar-refractivity contribution in [3.8, 4) is 0 Å². The smallest absolute Gasteiger partial charge is 0.379 e. The minimum absolute atomic E-state index is 0.167. The Kier molecular flexibility index (Phi) is 8.78. The molecule has 7 nitrogen and oxygen atoms in total. The van der Waals surface area contributed by atoms with Gasteiger partial charge in [-0.15, -0.1) is 0 Å². The summed E-state index contributed by atoms with van der Waals surface area (Å²) in [5.74, 6) is 0.473. The first-order valence-electron chi connectivity index (χ1n) is 9.52. The van der Waals surface area contributed by atoms with E-state index in [9.17, 15) is 13.2 Å². The SMILES string of the molecule is CCNC(=NCC(C)N1CCOCC1)NCCNc1ncccc1C(F)(F)F. The van der Waals surface area contributed by atoms with Crippen LogP contribution in [0.1, 0.15) is 19.4 Å². The van der Waals surface area contributed by atoms with E-state index in [0.717, 1.165) is 32.4 Å². The molecule has 2 heterocycles. The summed E-state index contributed by atoms with van der Waals surface area (Å²) >= 11 is 0. The van der Waals surface area contributed by atoms with Crippen molar-refractivity contribution in [1.82, 2.24) is 20.5 Å². The summed E-state index contributed by atoms with van der Waals surface area (Å²) in [5.41, 5.74) is -0.769. The van der Waals surface area contributed by atoms with Crippen molar-refractivity contribution in [1.29, 1.82) is 0 Å². The number of pyridine rings is 1. The number of morpholine rings is 1. The van der Waals surface area contributed by atoms with E-state index in [-0.39, 0.29) is 12.4 Å². The zero-order chi connectivity index (χ0) is 20.4. The summed E-state index contributed by atoms with van der Waals surface area (Å²) in [6.45, 7) is 9.38. The maximum Gasteiger partial charge on any atom is 0.419 e. The van der Waals surface area contributed by atoms with Gasteiger partial charge in [-0.3, -0.25) is 9.89 Å². The average Bonchev–Trinajstić information content (AvgIpc) is 2.69. The second-order valence-corrected chi connectivity index (χ2v) is 6.47. The second kappa shape index (κ2) is 11.1. The van der Waals surface area contributed by atoms with E-state index < -0.39 is 11.7 Å². The van der Waals surface area contributed by atoms with Crippen LogP contribution < -0.4 is 16.0 Å². The highest BCUT2D eigenvalue weighted by Gasteiger charge is 2.33. The molecule has 0 aromatic carbocycles. The Morgan fingerprint density at radius 3 is 2.71 bits per heavy atom. The number of hydrogen-bond donors (Lipinski definition) is 3. The lowest BCUT2D eigenvalue weighted by atomic mass is 10.2. The predicted molar refractivity (Wildman–Crippen MR) is 104 cm³/mol. The Hall–Kier alpha value is -2.07. The van der Waals surface area contributed by atoms with Crippen LogP contribution in [-0.2, 0) is 10.9 Å². The van der Waals surface area contributed by atoms with Crippen molar-refractivity contribution in [2.75, 3.05) is 57.8 Å². The van der Waals surface area contributed by atoms with E-state index in [1.165, 1.54) is 12.3 Å². The fourth-order valence-electron chi connectivity index (χ4n) is 2.84. The number of ether oxygens (including phenoxy) is 1. The van der Waals surface area contributed by atoms with Crippen LogP contribution in [0.2, 0.25) is 0 Å². The van der Waals surface area contributed by atoms with Gasteiger partial charge in [0.05, 0.1) is 25.3 Å². The molecule has 0 radical (unpaired) electrons. The van der Waals surface area contributed by atoms with Crippen LogP contribution in [0.25, 0.3) is 0 Å². The van der Waals surface area contributed by atoms with E-state index in [4.69, 9.17) is 4.74 Å². The summed E-state index contributed by atoms with van der Waals surface area (Å²) in [5, 5.41) is 9.01. The number of aliphatic imine (C=N–C) groups is 1. The molecule has 1 atom stereocenters. The monoisotopic (exact) mass is 402 g/mol. The van der Waals surface area contributed by atoms with Gasteiger partial charge in [-0.2, -0.15) is 13.2 Å². The molecule has 0 aliphatic carbocycles. The Balaban J connectivity index is 1.81. The molecule has 1 unspecified atom stereocenters. The number of nitrogens with one attached hydrogen (secondary N) is 3. The summed E-state index contributed by atoms with van der Waals surface area (Å²) < 4.78 is 44.3. The van der Waals surface area contributed by atoms with Crippen molar-refractivity contribution >= 4 is 11.8 Å². The van der Waals surface area contributed by atoms with Gasteiger partial charge >= 0.3 is 6.18 Å². The molecule has 1 fully saturated rings. The molecule has 1 saturated heterocycles. The number of nitrogens with zero attached hydrogens (tertiary/aromatic N) is 3. The Morgan fingerprint density at radius 2 is 2.04 bits per heavy atom. The quantitative estimate of drug-likeness (QED) is 0.350. The number of aromatic nitrogens is 1. The fraction of sp³-hybridized carbons (Fsp3) is 0.667. The molecular weight excluding hydrogens is 373 g/mol. The van der Waals surface area contributed by atoms with Crippen molar-refractivity contribution in [2.45, 2.75) is 26.1 Å². The van der Waals surface area contributed by atoms with Gasteiger partial charge in [-0.1, -0.05) is 0 Å². The molecule has 10 heteroatoms. The maximum absolute atomic E-state index is 13.0. The molecular formula is C18H29F3N6O. The van der Waals surface area contributed by atoms with Gasteiger partial charge in [0.1, 0.15) is 5.82 Å². The molecule has 28 heavy (non-hydrogen) atoms. The van der Waals surface area contributed by atoms with Gasteiger partial charge in [-0.25, -0.2) is 4.98 Å². The molecule has 1 aliphatic heterocycles. The molecule has 0 spiro atoms. The molecule has 0 bridgehead atoms. The van der Waals surface area contributed by atoms with Crippen LogP contribution in [-0.4, -0.2) is 74.4 Å². The first kappa shape index (κ1) is 22.2. The van der Waals surface area contributed by atoms with Crippen LogP contribution in [0.15, 0.2) is 23.3 Å². The summed E-state index contributed by atoms with van der Waals surface area (Å²) in [4.78, 5) is 10.7. The molecule has 1 aliphatic rings. The van der Waals surface area contributed by atoms with Crippen LogP contribution >= 0.6 is 0 Å². The number of hydrogen-bond acceptors (Lipinski definition) is 5. The van der Waals surface area contributed by atoms with Crippen molar-refractivity contribution < 1.29 is 17.9 Å². The van der Waals surface area contributed by atoms with E-state index in [1.807, 2.05) is 6.92 Å². The standard InChI is InChI=1S/C18H29F3N6O/c1-3-22-17(26-13-14(2)27-9-11-28-12-10-27)25-8-7-24-16-15(18(19,20)21)5-4-6-23-16/h4-6,14H,3,7-13H2,1-2H3,(H,23,24)(H2,22,25,26). The van der Waals surface area contributed by atoms with E-state index in [1.54, 1.807) is 0 Å². The highest BCUT2D eigenvalue weighted by atomic mass is 19.4. The number of halogens is 3. The van der Waals surface area contributed by atoms with E-state index >= 15 is 0 Å². The third-order valence-electron chi connectivity index (χ3n) is 4.35. The third-order valence-corrected chi connectivity index (χ3v) is 4.35. The van der Waals surface area contributed by atoms with Gasteiger partial charge in [0, 0.05) is 45.0 Å². The first-order chi connectivity index (χ1) is 13.4. The van der Waals surface area contributed by atoms with Gasteiger partial charge in [-0.05, 0) is 26.0 Å².